The molecule has 0 saturated carbocycles. The number of carbonyl (C=O) groups excluding carboxylic acids is 2. The van der Waals surface area contributed by atoms with E-state index in [1.165, 1.54) is 5.56 Å². The van der Waals surface area contributed by atoms with E-state index in [1.54, 1.807) is 7.05 Å². The number of nitrogens with one attached hydrogen (secondary N) is 1. The monoisotopic (exact) mass is 372 g/mol. The lowest BCUT2D eigenvalue weighted by Crippen LogP contribution is -2.48. The van der Waals surface area contributed by atoms with Crippen molar-refractivity contribution in [2.24, 2.45) is 0 Å². The van der Waals surface area contributed by atoms with Crippen LogP contribution < -0.4 is 5.32 Å². The molecule has 1 aromatic carbocycles. The van der Waals surface area contributed by atoms with Gasteiger partial charge in [-0.1, -0.05) is 19.1 Å². The molecule has 6 heteroatoms. The van der Waals surface area contributed by atoms with Gasteiger partial charge < -0.3 is 15.1 Å². The number of likely N-dealkylation sites (tertiary alicyclic amines) is 1. The number of hydrogen-bond donors (Lipinski definition) is 1. The molecule has 3 amide bonds. The molecule has 0 unspecified atom stereocenters. The van der Waals surface area contributed by atoms with Crippen LogP contribution in [0.15, 0.2) is 24.3 Å². The molecule has 1 N–H and O–H groups in total. The normalized spacial score (nSPS) is 21.2. The second-order valence-electron chi connectivity index (χ2n) is 7.60. The predicted molar refractivity (Wildman–Crippen MR) is 107 cm³/mol. The molecule has 0 spiro atoms. The maximum Gasteiger partial charge on any atom is 0.317 e. The van der Waals surface area contributed by atoms with Gasteiger partial charge in [-0.2, -0.15) is 0 Å². The Hall–Kier alpha value is -2.08. The lowest BCUT2D eigenvalue weighted by atomic mass is 9.89. The molecular formula is C21H32N4O2. The number of benzene rings is 1. The molecule has 1 aromatic rings. The Balaban J connectivity index is 1.65. The fraction of sp³-hybridized carbons (Fsp3) is 0.619. The Morgan fingerprint density at radius 2 is 1.89 bits per heavy atom. The minimum absolute atomic E-state index is 0.0168. The SMILES string of the molecule is CCCN1CCN(C(=O)c2cccc([C@H]3CCCN(C(=O)NC)C3)c2)CC1. The van der Waals surface area contributed by atoms with Crippen molar-refractivity contribution >= 4 is 11.9 Å². The smallest absolute Gasteiger partial charge is 0.317 e. The molecule has 0 aliphatic carbocycles. The van der Waals surface area contributed by atoms with E-state index in [1.807, 2.05) is 28.0 Å². The van der Waals surface area contributed by atoms with Gasteiger partial charge in [-0.15, -0.1) is 0 Å². The lowest BCUT2D eigenvalue weighted by molar-refractivity contribution is 0.0637. The molecule has 2 aliphatic rings. The van der Waals surface area contributed by atoms with Crippen LogP contribution in [-0.2, 0) is 0 Å². The Labute approximate surface area is 162 Å². The molecule has 0 aromatic heterocycles. The minimum Gasteiger partial charge on any atom is -0.341 e. The van der Waals surface area contributed by atoms with E-state index in [-0.39, 0.29) is 11.9 Å². The van der Waals surface area contributed by atoms with Gasteiger partial charge in [-0.25, -0.2) is 4.79 Å². The van der Waals surface area contributed by atoms with Gasteiger partial charge >= 0.3 is 6.03 Å². The van der Waals surface area contributed by atoms with Crippen LogP contribution in [0.5, 0.6) is 0 Å². The maximum atomic E-state index is 13.0. The second-order valence-corrected chi connectivity index (χ2v) is 7.60. The molecule has 2 saturated heterocycles. The zero-order valence-electron chi connectivity index (χ0n) is 16.6. The van der Waals surface area contributed by atoms with E-state index in [0.717, 1.165) is 64.1 Å². The van der Waals surface area contributed by atoms with Crippen molar-refractivity contribution in [2.75, 3.05) is 52.9 Å². The molecule has 2 fully saturated rings. The molecule has 3 rings (SSSR count). The minimum atomic E-state index is -0.0168. The highest BCUT2D eigenvalue weighted by Crippen LogP contribution is 2.28. The van der Waals surface area contributed by atoms with E-state index in [0.29, 0.717) is 12.5 Å². The highest BCUT2D eigenvalue weighted by molar-refractivity contribution is 5.94. The molecule has 0 radical (unpaired) electrons. The number of hydrogen-bond acceptors (Lipinski definition) is 3. The van der Waals surface area contributed by atoms with Gasteiger partial charge in [-0.3, -0.25) is 9.69 Å². The number of piperidine rings is 1. The zero-order valence-corrected chi connectivity index (χ0v) is 16.6. The van der Waals surface area contributed by atoms with Crippen LogP contribution in [0.1, 0.15) is 48.0 Å². The highest BCUT2D eigenvalue weighted by atomic mass is 16.2. The lowest BCUT2D eigenvalue weighted by Gasteiger charge is -2.35. The molecule has 2 aliphatic heterocycles. The van der Waals surface area contributed by atoms with Crippen molar-refractivity contribution in [1.82, 2.24) is 20.0 Å². The molecule has 0 bridgehead atoms. The first-order valence-corrected chi connectivity index (χ1v) is 10.2. The average molecular weight is 373 g/mol. The van der Waals surface area contributed by atoms with Crippen molar-refractivity contribution in [1.29, 1.82) is 0 Å². The van der Waals surface area contributed by atoms with Gasteiger partial charge in [0.15, 0.2) is 0 Å². The average Bonchev–Trinajstić information content (AvgIpc) is 2.73. The summed E-state index contributed by atoms with van der Waals surface area (Å²) in [6.07, 6.45) is 3.21. The number of rotatable bonds is 4. The maximum absolute atomic E-state index is 13.0. The topological polar surface area (TPSA) is 55.9 Å². The molecule has 6 nitrogen and oxygen atoms in total. The highest BCUT2D eigenvalue weighted by Gasteiger charge is 2.26. The molecule has 2 heterocycles. The summed E-state index contributed by atoms with van der Waals surface area (Å²) < 4.78 is 0. The summed E-state index contributed by atoms with van der Waals surface area (Å²) in [5.41, 5.74) is 1.94. The van der Waals surface area contributed by atoms with E-state index in [4.69, 9.17) is 0 Å². The first-order chi connectivity index (χ1) is 13.1. The van der Waals surface area contributed by atoms with Gasteiger partial charge in [0.25, 0.3) is 5.91 Å². The van der Waals surface area contributed by atoms with Crippen molar-refractivity contribution < 1.29 is 9.59 Å². The molecular weight excluding hydrogens is 340 g/mol. The first kappa shape index (κ1) is 19.7. The first-order valence-electron chi connectivity index (χ1n) is 10.2. The summed E-state index contributed by atoms with van der Waals surface area (Å²) in [6, 6.07) is 8.02. The number of carbonyl (C=O) groups is 2. The molecule has 27 heavy (non-hydrogen) atoms. The summed E-state index contributed by atoms with van der Waals surface area (Å²) in [5.74, 6) is 0.428. The van der Waals surface area contributed by atoms with Crippen LogP contribution in [0.25, 0.3) is 0 Å². The third-order valence-corrected chi connectivity index (χ3v) is 5.73. The van der Waals surface area contributed by atoms with Crippen LogP contribution in [0, 0.1) is 0 Å². The van der Waals surface area contributed by atoms with Gasteiger partial charge in [0.05, 0.1) is 0 Å². The molecule has 148 valence electrons. The Morgan fingerprint density at radius 1 is 1.11 bits per heavy atom. The van der Waals surface area contributed by atoms with Gasteiger partial charge in [-0.05, 0) is 43.5 Å². The number of piperazine rings is 1. The third-order valence-electron chi connectivity index (χ3n) is 5.73. The van der Waals surface area contributed by atoms with E-state index in [2.05, 4.69) is 23.2 Å². The Morgan fingerprint density at radius 3 is 2.59 bits per heavy atom. The summed E-state index contributed by atoms with van der Waals surface area (Å²) in [5, 5.41) is 2.71. The van der Waals surface area contributed by atoms with E-state index < -0.39 is 0 Å². The summed E-state index contributed by atoms with van der Waals surface area (Å²) in [4.78, 5) is 31.2. The Kier molecular flexibility index (Phi) is 6.72. The summed E-state index contributed by atoms with van der Waals surface area (Å²) in [6.45, 7) is 8.35. The Bertz CT molecular complexity index is 655. The number of amides is 3. The predicted octanol–water partition coefficient (Wildman–Crippen LogP) is 2.37. The van der Waals surface area contributed by atoms with Crippen LogP contribution >= 0.6 is 0 Å². The quantitative estimate of drug-likeness (QED) is 0.883. The van der Waals surface area contributed by atoms with E-state index in [9.17, 15) is 9.59 Å². The van der Waals surface area contributed by atoms with Crippen molar-refractivity contribution in [3.05, 3.63) is 35.4 Å². The third kappa shape index (κ3) is 4.80. The van der Waals surface area contributed by atoms with Gasteiger partial charge in [0.2, 0.25) is 0 Å². The van der Waals surface area contributed by atoms with Crippen molar-refractivity contribution in [2.45, 2.75) is 32.1 Å². The molecule has 1 atom stereocenters. The summed E-state index contributed by atoms with van der Waals surface area (Å²) >= 11 is 0. The van der Waals surface area contributed by atoms with Crippen LogP contribution in [-0.4, -0.2) is 79.5 Å². The zero-order chi connectivity index (χ0) is 19.2. The van der Waals surface area contributed by atoms with Gasteiger partial charge in [0, 0.05) is 57.8 Å². The fourth-order valence-electron chi connectivity index (χ4n) is 4.19. The van der Waals surface area contributed by atoms with E-state index >= 15 is 0 Å². The fourth-order valence-corrected chi connectivity index (χ4v) is 4.19. The van der Waals surface area contributed by atoms with Crippen molar-refractivity contribution in [3.63, 3.8) is 0 Å². The van der Waals surface area contributed by atoms with Crippen LogP contribution in [0.3, 0.4) is 0 Å². The largest absolute Gasteiger partial charge is 0.341 e. The van der Waals surface area contributed by atoms with Crippen molar-refractivity contribution in [3.8, 4) is 0 Å². The number of nitrogens with zero attached hydrogens (tertiary/aromatic N) is 3. The van der Waals surface area contributed by atoms with Crippen LogP contribution in [0.4, 0.5) is 4.79 Å². The number of urea groups is 1. The second kappa shape index (κ2) is 9.22. The summed E-state index contributed by atoms with van der Waals surface area (Å²) in [7, 11) is 1.67. The van der Waals surface area contributed by atoms with Crippen LogP contribution in [0.2, 0.25) is 0 Å². The standard InChI is InChI=1S/C21H32N4O2/c1-3-9-23-11-13-24(14-12-23)20(26)18-7-4-6-17(15-18)19-8-5-10-25(16-19)21(27)22-2/h4,6-7,15,19H,3,5,8-14,16H2,1-2H3,(H,22,27)/t19-/m0/s1. The van der Waals surface area contributed by atoms with Gasteiger partial charge in [0.1, 0.15) is 0 Å².